The van der Waals surface area contributed by atoms with Crippen molar-refractivity contribution in [2.24, 2.45) is 0 Å². The van der Waals surface area contributed by atoms with Gasteiger partial charge in [-0.2, -0.15) is 0 Å². The highest BCUT2D eigenvalue weighted by molar-refractivity contribution is 7.14. The molecule has 9 nitrogen and oxygen atoms in total. The normalized spacial score (nSPS) is 10.6. The monoisotopic (exact) mass is 520 g/mol. The van der Waals surface area contributed by atoms with Crippen LogP contribution in [0.4, 0.5) is 20.9 Å². The smallest absolute Gasteiger partial charge is 0.323 e. The molecule has 0 aliphatic heterocycles. The molecule has 0 saturated carbocycles. The van der Waals surface area contributed by atoms with E-state index in [1.165, 1.54) is 36.6 Å². The maximum atomic E-state index is 14.8. The van der Waals surface area contributed by atoms with Crippen LogP contribution >= 0.6 is 11.3 Å². The van der Waals surface area contributed by atoms with Gasteiger partial charge in [0.1, 0.15) is 12.4 Å². The molecule has 0 atom stereocenters. The summed E-state index contributed by atoms with van der Waals surface area (Å²) in [6.07, 6.45) is 0. The Morgan fingerprint density at radius 3 is 2.49 bits per heavy atom. The molecule has 0 radical (unpaired) electrons. The minimum absolute atomic E-state index is 0.0540. The van der Waals surface area contributed by atoms with E-state index < -0.39 is 29.2 Å². The maximum Gasteiger partial charge on any atom is 0.323 e. The minimum atomic E-state index is -1.11. The summed E-state index contributed by atoms with van der Waals surface area (Å²) in [6, 6.07) is 19.0. The Hall–Kier alpha value is -4.64. The van der Waals surface area contributed by atoms with Crippen LogP contribution in [0.15, 0.2) is 78.2 Å². The third kappa shape index (κ3) is 5.96. The van der Waals surface area contributed by atoms with E-state index in [4.69, 9.17) is 5.11 Å². The quantitative estimate of drug-likeness (QED) is 0.233. The first-order valence-electron chi connectivity index (χ1n) is 11.0. The lowest BCUT2D eigenvalue weighted by molar-refractivity contribution is -0.384. The molecule has 4 rings (SSSR count). The number of benzene rings is 3. The first-order chi connectivity index (χ1) is 17.7. The molecule has 1 N–H and O–H groups in total. The van der Waals surface area contributed by atoms with Crippen LogP contribution in [0.3, 0.4) is 0 Å². The number of amides is 1. The number of nitrogens with zero attached hydrogens (tertiary/aromatic N) is 4. The Morgan fingerprint density at radius 1 is 1.08 bits per heavy atom. The molecule has 0 bridgehead atoms. The molecule has 188 valence electrons. The van der Waals surface area contributed by atoms with E-state index in [-0.39, 0.29) is 12.2 Å². The number of carbonyl (C=O) groups excluding carboxylic acids is 1. The second kappa shape index (κ2) is 11.0. The number of non-ortho nitro benzene ring substituents is 1. The molecule has 0 spiro atoms. The summed E-state index contributed by atoms with van der Waals surface area (Å²) >= 11 is 1.27. The van der Waals surface area contributed by atoms with E-state index in [0.29, 0.717) is 27.6 Å². The number of nitro groups is 1. The maximum absolute atomic E-state index is 14.8. The van der Waals surface area contributed by atoms with Gasteiger partial charge < -0.3 is 14.9 Å². The van der Waals surface area contributed by atoms with E-state index in [9.17, 15) is 24.1 Å². The molecule has 0 fully saturated rings. The zero-order valence-electron chi connectivity index (χ0n) is 19.6. The molecule has 0 aliphatic rings. The number of nitro benzene ring substituents is 1. The number of hydrogen-bond donors (Lipinski definition) is 1. The van der Waals surface area contributed by atoms with Crippen molar-refractivity contribution in [2.75, 3.05) is 18.5 Å². The van der Waals surface area contributed by atoms with Gasteiger partial charge in [-0.3, -0.25) is 19.7 Å². The highest BCUT2D eigenvalue weighted by Gasteiger charge is 2.20. The Labute approximate surface area is 215 Å². The number of hydrogen-bond acceptors (Lipinski definition) is 7. The molecule has 11 heteroatoms. The second-order valence-corrected chi connectivity index (χ2v) is 8.95. The van der Waals surface area contributed by atoms with Crippen LogP contribution in [0.1, 0.15) is 15.9 Å². The standard InChI is InChI=1S/C26H21FN4O5S/c1-29(15-24(32)33)25(34)18-11-9-17(10-12-18)14-30(23-8-3-2-7-21(23)27)26-28-22(16-37-26)19-5-4-6-20(13-19)31(35)36/h2-13,16H,14-15H2,1H3,(H,32,33). The van der Waals surface area contributed by atoms with Gasteiger partial charge in [-0.1, -0.05) is 36.4 Å². The lowest BCUT2D eigenvalue weighted by Crippen LogP contribution is -2.31. The second-order valence-electron chi connectivity index (χ2n) is 8.11. The van der Waals surface area contributed by atoms with Gasteiger partial charge >= 0.3 is 5.97 Å². The van der Waals surface area contributed by atoms with Gasteiger partial charge in [0.05, 0.1) is 22.8 Å². The van der Waals surface area contributed by atoms with E-state index in [1.807, 2.05) is 0 Å². The van der Waals surface area contributed by atoms with Crippen molar-refractivity contribution in [3.63, 3.8) is 0 Å². The summed E-state index contributed by atoms with van der Waals surface area (Å²) in [5.74, 6) is -1.99. The number of carboxylic acid groups (broad SMARTS) is 1. The number of aromatic nitrogens is 1. The Bertz CT molecular complexity index is 1460. The number of halogens is 1. The highest BCUT2D eigenvalue weighted by Crippen LogP contribution is 2.35. The Kier molecular flexibility index (Phi) is 7.54. The van der Waals surface area contributed by atoms with Crippen LogP contribution in [0.2, 0.25) is 0 Å². The van der Waals surface area contributed by atoms with Gasteiger partial charge in [0.25, 0.3) is 11.6 Å². The molecule has 1 amide bonds. The molecule has 3 aromatic carbocycles. The van der Waals surface area contributed by atoms with Crippen LogP contribution in [-0.4, -0.2) is 45.4 Å². The summed E-state index contributed by atoms with van der Waals surface area (Å²) in [5.41, 5.74) is 2.41. The third-order valence-corrected chi connectivity index (χ3v) is 6.34. The van der Waals surface area contributed by atoms with Crippen molar-refractivity contribution in [3.8, 4) is 11.3 Å². The van der Waals surface area contributed by atoms with Crippen LogP contribution in [0.5, 0.6) is 0 Å². The molecule has 0 saturated heterocycles. The van der Waals surface area contributed by atoms with Gasteiger partial charge in [-0.05, 0) is 29.8 Å². The van der Waals surface area contributed by atoms with Crippen LogP contribution in [0, 0.1) is 15.9 Å². The molecular weight excluding hydrogens is 499 g/mol. The van der Waals surface area contributed by atoms with Crippen molar-refractivity contribution < 1.29 is 24.0 Å². The number of thiazole rings is 1. The average molecular weight is 521 g/mol. The third-order valence-electron chi connectivity index (χ3n) is 5.48. The molecular formula is C26H21FN4O5S. The number of aliphatic carboxylic acids is 1. The van der Waals surface area contributed by atoms with Gasteiger partial charge in [-0.25, -0.2) is 9.37 Å². The summed E-state index contributed by atoms with van der Waals surface area (Å²) in [7, 11) is 1.41. The van der Waals surface area contributed by atoms with Gasteiger partial charge in [0.2, 0.25) is 0 Å². The summed E-state index contributed by atoms with van der Waals surface area (Å²) in [6.45, 7) is -0.194. The SMILES string of the molecule is CN(CC(=O)O)C(=O)c1ccc(CN(c2nc(-c3cccc([N+](=O)[O-])c3)cs2)c2ccccc2F)cc1. The van der Waals surface area contributed by atoms with Crippen molar-refractivity contribution in [2.45, 2.75) is 6.54 Å². The van der Waals surface area contributed by atoms with Crippen LogP contribution < -0.4 is 4.90 Å². The first kappa shape index (κ1) is 25.5. The number of para-hydroxylation sites is 1. The van der Waals surface area contributed by atoms with Crippen LogP contribution in [-0.2, 0) is 11.3 Å². The van der Waals surface area contributed by atoms with E-state index in [2.05, 4.69) is 4.98 Å². The minimum Gasteiger partial charge on any atom is -0.480 e. The molecule has 0 unspecified atom stereocenters. The number of rotatable bonds is 9. The zero-order valence-corrected chi connectivity index (χ0v) is 20.4. The highest BCUT2D eigenvalue weighted by atomic mass is 32.1. The van der Waals surface area contributed by atoms with Crippen molar-refractivity contribution in [3.05, 3.63) is 105 Å². The fourth-order valence-corrected chi connectivity index (χ4v) is 4.50. The summed E-state index contributed by atoms with van der Waals surface area (Å²) in [5, 5.41) is 22.3. The fraction of sp³-hybridized carbons (Fsp3) is 0.115. The summed E-state index contributed by atoms with van der Waals surface area (Å²) in [4.78, 5) is 41.5. The Balaban J connectivity index is 1.63. The molecule has 4 aromatic rings. The Morgan fingerprint density at radius 2 is 1.81 bits per heavy atom. The predicted molar refractivity (Wildman–Crippen MR) is 137 cm³/mol. The number of carboxylic acids is 1. The van der Waals surface area contributed by atoms with Gasteiger partial charge in [0, 0.05) is 35.7 Å². The fourth-order valence-electron chi connectivity index (χ4n) is 3.66. The number of carbonyl (C=O) groups is 2. The number of likely N-dealkylation sites (N-methyl/N-ethyl adjacent to an activating group) is 1. The van der Waals surface area contributed by atoms with Gasteiger partial charge in [0.15, 0.2) is 5.13 Å². The lowest BCUT2D eigenvalue weighted by atomic mass is 10.1. The van der Waals surface area contributed by atoms with E-state index in [0.717, 1.165) is 10.5 Å². The van der Waals surface area contributed by atoms with E-state index >= 15 is 0 Å². The van der Waals surface area contributed by atoms with Crippen molar-refractivity contribution in [1.82, 2.24) is 9.88 Å². The number of anilines is 2. The molecule has 1 aromatic heterocycles. The molecule has 0 aliphatic carbocycles. The predicted octanol–water partition coefficient (Wildman–Crippen LogP) is 5.35. The molecule has 37 heavy (non-hydrogen) atoms. The van der Waals surface area contributed by atoms with Crippen LogP contribution in [0.25, 0.3) is 11.3 Å². The topological polar surface area (TPSA) is 117 Å². The average Bonchev–Trinajstić information content (AvgIpc) is 3.37. The van der Waals surface area contributed by atoms with Crippen molar-refractivity contribution in [1.29, 1.82) is 0 Å². The van der Waals surface area contributed by atoms with Crippen molar-refractivity contribution >= 4 is 39.7 Å². The summed E-state index contributed by atoms with van der Waals surface area (Å²) < 4.78 is 14.8. The first-order valence-corrected chi connectivity index (χ1v) is 11.9. The van der Waals surface area contributed by atoms with E-state index in [1.54, 1.807) is 64.9 Å². The molecule has 1 heterocycles. The van der Waals surface area contributed by atoms with Gasteiger partial charge in [-0.15, -0.1) is 11.3 Å². The largest absolute Gasteiger partial charge is 0.480 e. The lowest BCUT2D eigenvalue weighted by Gasteiger charge is -2.23. The zero-order chi connectivity index (χ0) is 26.5.